The Morgan fingerprint density at radius 1 is 1.03 bits per heavy atom. The van der Waals surface area contributed by atoms with E-state index >= 15 is 0 Å². The number of benzene rings is 2. The van der Waals surface area contributed by atoms with Crippen LogP contribution in [-0.2, 0) is 9.59 Å². The minimum Gasteiger partial charge on any atom is -0.341 e. The van der Waals surface area contributed by atoms with Crippen LogP contribution in [0.1, 0.15) is 42.4 Å². The van der Waals surface area contributed by atoms with Crippen molar-refractivity contribution in [3.05, 3.63) is 59.2 Å². The molecular weight excluding hydrogens is 510 g/mol. The number of carbonyl (C=O) groups excluding carboxylic acids is 3. The van der Waals surface area contributed by atoms with Crippen molar-refractivity contribution in [1.29, 1.82) is 0 Å². The van der Waals surface area contributed by atoms with Crippen LogP contribution in [0.4, 0.5) is 16.2 Å². The summed E-state index contributed by atoms with van der Waals surface area (Å²) >= 11 is 1.60. The zero-order chi connectivity index (χ0) is 27.5. The summed E-state index contributed by atoms with van der Waals surface area (Å²) in [6.45, 7) is 5.33. The molecule has 1 atom stereocenters. The first-order valence-corrected chi connectivity index (χ1v) is 15.1. The Hall–Kier alpha value is -3.33. The van der Waals surface area contributed by atoms with Crippen LogP contribution >= 0.6 is 11.8 Å². The van der Waals surface area contributed by atoms with Gasteiger partial charge in [-0.05, 0) is 80.9 Å². The predicted octanol–water partition coefficient (Wildman–Crippen LogP) is 4.60. The summed E-state index contributed by atoms with van der Waals surface area (Å²) in [6.07, 6.45) is 5.52. The molecule has 2 N–H and O–H groups in total. The van der Waals surface area contributed by atoms with E-state index in [2.05, 4.69) is 10.6 Å². The van der Waals surface area contributed by atoms with Gasteiger partial charge in [0.2, 0.25) is 12.1 Å². The third kappa shape index (κ3) is 6.13. The van der Waals surface area contributed by atoms with E-state index in [1.165, 1.54) is 25.7 Å². The number of para-hydroxylation sites is 1. The highest BCUT2D eigenvalue weighted by Gasteiger charge is 2.37. The number of rotatable bonds is 6. The van der Waals surface area contributed by atoms with E-state index in [4.69, 9.17) is 4.99 Å². The van der Waals surface area contributed by atoms with E-state index in [9.17, 15) is 14.4 Å². The van der Waals surface area contributed by atoms with Gasteiger partial charge in [-0.1, -0.05) is 30.3 Å². The number of amides is 4. The number of urea groups is 1. The Labute approximate surface area is 234 Å². The number of fused-ring (bicyclic) bond motifs is 5. The number of anilines is 2. The molecule has 9 heteroatoms. The maximum absolute atomic E-state index is 14.1. The van der Waals surface area contributed by atoms with Crippen LogP contribution in [0.5, 0.6) is 0 Å². The van der Waals surface area contributed by atoms with Gasteiger partial charge in [-0.2, -0.15) is 11.8 Å². The molecule has 1 unspecified atom stereocenters. The molecule has 2 saturated heterocycles. The fraction of sp³-hybridized carbons (Fsp3) is 0.467. The molecule has 3 heterocycles. The van der Waals surface area contributed by atoms with E-state index in [0.29, 0.717) is 29.0 Å². The van der Waals surface area contributed by atoms with E-state index < -0.39 is 18.1 Å². The molecule has 2 aromatic carbocycles. The lowest BCUT2D eigenvalue weighted by molar-refractivity contribution is -0.132. The molecule has 6 rings (SSSR count). The number of thioether (sulfide) groups is 1. The second-order valence-corrected chi connectivity index (χ2v) is 11.8. The number of hydrogen-bond donors (Lipinski definition) is 2. The highest BCUT2D eigenvalue weighted by Crippen LogP contribution is 2.35. The van der Waals surface area contributed by atoms with Gasteiger partial charge in [0, 0.05) is 30.1 Å². The zero-order valence-corrected chi connectivity index (χ0v) is 23.7. The molecule has 0 spiro atoms. The van der Waals surface area contributed by atoms with Gasteiger partial charge in [-0.3, -0.25) is 19.5 Å². The Morgan fingerprint density at radius 3 is 2.38 bits per heavy atom. The lowest BCUT2D eigenvalue weighted by Gasteiger charge is -2.30. The summed E-state index contributed by atoms with van der Waals surface area (Å²) in [5.74, 6) is 1.19. The molecular formula is C30H37N5O3S. The van der Waals surface area contributed by atoms with Crippen LogP contribution in [0.15, 0.2) is 47.5 Å². The zero-order valence-electron chi connectivity index (χ0n) is 22.9. The van der Waals surface area contributed by atoms with Crippen molar-refractivity contribution in [3.63, 3.8) is 0 Å². The van der Waals surface area contributed by atoms with Gasteiger partial charge in [0.15, 0.2) is 0 Å². The first kappa shape index (κ1) is 27.2. The van der Waals surface area contributed by atoms with Crippen LogP contribution in [0.25, 0.3) is 0 Å². The topological polar surface area (TPSA) is 94.1 Å². The predicted molar refractivity (Wildman–Crippen MR) is 158 cm³/mol. The molecule has 0 radical (unpaired) electrons. The number of nitrogens with zero attached hydrogens (tertiary/aromatic N) is 3. The van der Waals surface area contributed by atoms with Gasteiger partial charge in [0.05, 0.1) is 11.4 Å². The highest BCUT2D eigenvalue weighted by atomic mass is 32.2. The van der Waals surface area contributed by atoms with Crippen LogP contribution in [0.2, 0.25) is 0 Å². The first-order valence-electron chi connectivity index (χ1n) is 13.7. The SMILES string of the molecule is CSCC1=NC(NC(=O)Nc2cccc(C)c2)C(=O)N(CC(=O)N2CC3CCC(CC3)C2)c2c(C)cccc21. The quantitative estimate of drug-likeness (QED) is 0.553. The van der Waals surface area contributed by atoms with Gasteiger partial charge >= 0.3 is 6.03 Å². The van der Waals surface area contributed by atoms with Crippen molar-refractivity contribution in [2.24, 2.45) is 16.8 Å². The number of nitrogens with one attached hydrogen (secondary N) is 2. The number of aryl methyl sites for hydroxylation is 2. The average molecular weight is 548 g/mol. The van der Waals surface area contributed by atoms with Gasteiger partial charge in [-0.25, -0.2) is 4.79 Å². The number of carbonyl (C=O) groups is 3. The maximum Gasteiger partial charge on any atom is 0.321 e. The summed E-state index contributed by atoms with van der Waals surface area (Å²) in [6, 6.07) is 12.8. The normalized spacial score (nSPS) is 22.5. The lowest BCUT2D eigenvalue weighted by Crippen LogP contribution is -2.52. The Morgan fingerprint density at radius 2 is 1.72 bits per heavy atom. The summed E-state index contributed by atoms with van der Waals surface area (Å²) < 4.78 is 0. The van der Waals surface area contributed by atoms with Crippen LogP contribution in [0.3, 0.4) is 0 Å². The molecule has 39 heavy (non-hydrogen) atoms. The molecule has 1 aliphatic carbocycles. The van der Waals surface area contributed by atoms with Crippen molar-refractivity contribution in [1.82, 2.24) is 10.2 Å². The molecule has 4 amide bonds. The average Bonchev–Trinajstić information content (AvgIpc) is 3.29. The Bertz CT molecular complexity index is 1270. The van der Waals surface area contributed by atoms with Gasteiger partial charge in [0.1, 0.15) is 6.54 Å². The fourth-order valence-electron chi connectivity index (χ4n) is 6.04. The van der Waals surface area contributed by atoms with Gasteiger partial charge in [0.25, 0.3) is 5.91 Å². The van der Waals surface area contributed by atoms with Crippen LogP contribution in [0, 0.1) is 25.7 Å². The number of hydrogen-bond acceptors (Lipinski definition) is 5. The van der Waals surface area contributed by atoms with Gasteiger partial charge < -0.3 is 15.5 Å². The number of benzodiazepines with no additional fused rings is 1. The second-order valence-electron chi connectivity index (χ2n) is 11.0. The van der Waals surface area contributed by atoms with E-state index in [-0.39, 0.29) is 12.5 Å². The van der Waals surface area contributed by atoms with Crippen molar-refractivity contribution < 1.29 is 14.4 Å². The van der Waals surface area contributed by atoms with Crippen LogP contribution < -0.4 is 15.5 Å². The van der Waals surface area contributed by atoms with E-state index in [1.54, 1.807) is 22.7 Å². The largest absolute Gasteiger partial charge is 0.341 e. The molecule has 8 nitrogen and oxygen atoms in total. The van der Waals surface area contributed by atoms with E-state index in [0.717, 1.165) is 35.5 Å². The molecule has 2 bridgehead atoms. The summed E-state index contributed by atoms with van der Waals surface area (Å²) in [5, 5.41) is 5.58. The van der Waals surface area contributed by atoms with Crippen molar-refractivity contribution in [3.8, 4) is 0 Å². The summed E-state index contributed by atoms with van der Waals surface area (Å²) in [5.41, 5.74) is 4.77. The standard InChI is InChI=1S/C30H37N5O3S/c1-19-6-4-8-23(14-19)31-30(38)33-28-29(37)35(17-26(36)34-15-21-10-11-22(16-34)13-12-21)27-20(2)7-5-9-24(27)25(32-28)18-39-3/h4-9,14,21-22,28H,10-13,15-18H2,1-3H3,(H2,31,33,38). The van der Waals surface area contributed by atoms with Crippen molar-refractivity contribution in [2.75, 3.05) is 41.9 Å². The lowest BCUT2D eigenvalue weighted by atomic mass is 9.84. The number of aliphatic imine (C=N–C) groups is 1. The molecule has 3 aliphatic heterocycles. The molecule has 0 aromatic heterocycles. The Kier molecular flexibility index (Phi) is 8.26. The first-order chi connectivity index (χ1) is 18.8. The molecule has 2 aromatic rings. The van der Waals surface area contributed by atoms with Gasteiger partial charge in [-0.15, -0.1) is 0 Å². The van der Waals surface area contributed by atoms with Crippen molar-refractivity contribution in [2.45, 2.75) is 45.7 Å². The maximum atomic E-state index is 14.1. The molecule has 1 saturated carbocycles. The molecule has 3 fully saturated rings. The third-order valence-corrected chi connectivity index (χ3v) is 8.56. The smallest absolute Gasteiger partial charge is 0.321 e. The third-order valence-electron chi connectivity index (χ3n) is 8.00. The minimum atomic E-state index is -1.16. The summed E-state index contributed by atoms with van der Waals surface area (Å²) in [7, 11) is 0. The fourth-order valence-corrected chi connectivity index (χ4v) is 6.54. The molecule has 4 aliphatic rings. The van der Waals surface area contributed by atoms with Crippen molar-refractivity contribution >= 4 is 46.7 Å². The second kappa shape index (κ2) is 11.8. The minimum absolute atomic E-state index is 0.0485. The van der Waals surface area contributed by atoms with E-state index in [1.807, 2.05) is 61.4 Å². The monoisotopic (exact) mass is 547 g/mol. The Balaban J connectivity index is 1.44. The highest BCUT2D eigenvalue weighted by molar-refractivity contribution is 7.99. The summed E-state index contributed by atoms with van der Waals surface area (Å²) in [4.78, 5) is 49.1. The van der Waals surface area contributed by atoms with Crippen LogP contribution in [-0.4, -0.2) is 66.3 Å². The molecule has 206 valence electrons.